The van der Waals surface area contributed by atoms with Crippen LogP contribution in [0.1, 0.15) is 55.2 Å². The lowest BCUT2D eigenvalue weighted by Gasteiger charge is -2.44. The summed E-state index contributed by atoms with van der Waals surface area (Å²) >= 11 is 6.35. The van der Waals surface area contributed by atoms with E-state index in [-0.39, 0.29) is 25.0 Å². The molecule has 2 bridgehead atoms. The molecule has 1 fully saturated rings. The van der Waals surface area contributed by atoms with Crippen molar-refractivity contribution >= 4 is 29.2 Å². The van der Waals surface area contributed by atoms with Gasteiger partial charge in [-0.1, -0.05) is 35.9 Å². The summed E-state index contributed by atoms with van der Waals surface area (Å²) in [7, 11) is 3.47. The Morgan fingerprint density at radius 3 is 2.73 bits per heavy atom. The van der Waals surface area contributed by atoms with Gasteiger partial charge in [-0.05, 0) is 91.3 Å². The summed E-state index contributed by atoms with van der Waals surface area (Å²) in [4.78, 5) is 28.6. The van der Waals surface area contributed by atoms with Crippen LogP contribution < -0.4 is 9.64 Å². The molecule has 0 unspecified atom stereocenters. The average Bonchev–Trinajstić information content (AvgIpc) is 3.03. The molecule has 0 saturated heterocycles. The number of hydrogen-bond acceptors (Lipinski definition) is 7. The fourth-order valence-electron chi connectivity index (χ4n) is 6.71. The molecule has 0 radical (unpaired) electrons. The van der Waals surface area contributed by atoms with Crippen molar-refractivity contribution in [3.05, 3.63) is 70.3 Å². The highest BCUT2D eigenvalue weighted by atomic mass is 35.5. The van der Waals surface area contributed by atoms with Crippen LogP contribution in [0.4, 0.5) is 5.69 Å². The van der Waals surface area contributed by atoms with Gasteiger partial charge < -0.3 is 34.2 Å². The number of benzene rings is 2. The Morgan fingerprint density at radius 2 is 1.98 bits per heavy atom. The number of carbonyl (C=O) groups is 2. The van der Waals surface area contributed by atoms with E-state index in [0.717, 1.165) is 56.4 Å². The van der Waals surface area contributed by atoms with Crippen LogP contribution in [0.15, 0.2) is 48.6 Å². The number of halogens is 1. The van der Waals surface area contributed by atoms with E-state index >= 15 is 0 Å². The third-order valence-corrected chi connectivity index (χ3v) is 9.77. The van der Waals surface area contributed by atoms with Gasteiger partial charge in [0.15, 0.2) is 0 Å². The molecule has 2 N–H and O–H groups in total. The first-order valence-corrected chi connectivity index (χ1v) is 16.3. The van der Waals surface area contributed by atoms with Crippen LogP contribution in [-0.2, 0) is 37.7 Å². The van der Waals surface area contributed by atoms with Crippen LogP contribution >= 0.6 is 11.6 Å². The molecule has 0 spiro atoms. The van der Waals surface area contributed by atoms with Crippen molar-refractivity contribution in [1.29, 1.82) is 0 Å². The maximum Gasteiger partial charge on any atom is 0.329 e. The Labute approximate surface area is 270 Å². The van der Waals surface area contributed by atoms with Gasteiger partial charge in [-0.25, -0.2) is 4.79 Å². The topological polar surface area (TPSA) is 109 Å². The lowest BCUT2D eigenvalue weighted by Crippen LogP contribution is -2.44. The van der Waals surface area contributed by atoms with Gasteiger partial charge in [-0.15, -0.1) is 0 Å². The standard InChI is InChI=1S/C35H45ClN2O7/c1-37-15-5-4-8-31(43-2)29-13-10-25(29)20-38-16-6-3-7-24-17-28(36)12-9-26(24)21-45-32-14-11-27(18-30(32)38)35(42,19-33(37)39)23-44-22-34(40)41/h4,8-9,11-12,14,17-18,25,29,31,42H,3,5-7,10,13,15-16,19-23H2,1-2H3,(H,40,41)/b8-4+/t25-,29+,31-,35-/m0/s1. The van der Waals surface area contributed by atoms with Crippen LogP contribution in [0, 0.1) is 11.8 Å². The van der Waals surface area contributed by atoms with Gasteiger partial charge in [0.25, 0.3) is 0 Å². The van der Waals surface area contributed by atoms with Crippen LogP contribution in [0.5, 0.6) is 5.75 Å². The lowest BCUT2D eigenvalue weighted by molar-refractivity contribution is -0.148. The Hall–Kier alpha value is -3.11. The maximum absolute atomic E-state index is 13.4. The number of methoxy groups -OCH3 is 1. The van der Waals surface area contributed by atoms with Crippen LogP contribution in [0.2, 0.25) is 5.02 Å². The van der Waals surface area contributed by atoms with Crippen molar-refractivity contribution in [1.82, 2.24) is 4.90 Å². The molecule has 0 aromatic heterocycles. The fourth-order valence-corrected chi connectivity index (χ4v) is 6.91. The van der Waals surface area contributed by atoms with Crippen LogP contribution in [-0.4, -0.2) is 80.1 Å². The quantitative estimate of drug-likeness (QED) is 0.430. The zero-order chi connectivity index (χ0) is 32.0. The number of ether oxygens (including phenoxy) is 3. The van der Waals surface area contributed by atoms with Gasteiger partial charge in [0, 0.05) is 38.8 Å². The van der Waals surface area contributed by atoms with Crippen molar-refractivity contribution in [2.45, 2.75) is 63.3 Å². The zero-order valence-electron chi connectivity index (χ0n) is 26.3. The predicted molar refractivity (Wildman–Crippen MR) is 173 cm³/mol. The normalized spacial score (nSPS) is 26.8. The Morgan fingerprint density at radius 1 is 1.13 bits per heavy atom. The number of hydrogen-bond donors (Lipinski definition) is 2. The average molecular weight is 641 g/mol. The van der Waals surface area contributed by atoms with Crippen LogP contribution in [0.25, 0.3) is 0 Å². The summed E-state index contributed by atoms with van der Waals surface area (Å²) in [5.74, 6) is 0.0523. The second-order valence-corrected chi connectivity index (χ2v) is 13.1. The van der Waals surface area contributed by atoms with Gasteiger partial charge in [-0.2, -0.15) is 0 Å². The SMILES string of the molecule is CO[C@H]1/C=C/CCN(C)C(=O)C[C@](O)(COCC(=O)O)c2ccc3c(c2)N(CCCCc2cc(Cl)ccc2CO3)C[C@@H]2CC[C@H]21. The number of fused-ring (bicyclic) bond motifs is 3. The van der Waals surface area contributed by atoms with E-state index in [1.807, 2.05) is 30.3 Å². The number of carbonyl (C=O) groups excluding carboxylic acids is 1. The maximum atomic E-state index is 13.4. The number of aliphatic carboxylic acids is 1. The van der Waals surface area contributed by atoms with E-state index in [4.69, 9.17) is 25.8 Å². The molecule has 2 heterocycles. The predicted octanol–water partition coefficient (Wildman–Crippen LogP) is 5.20. The van der Waals surface area contributed by atoms with Crippen molar-refractivity contribution in [3.63, 3.8) is 0 Å². The Balaban J connectivity index is 1.57. The number of carboxylic acids is 1. The minimum absolute atomic E-state index is 0.000579. The Bertz CT molecular complexity index is 1380. The number of rotatable bonds is 5. The molecule has 1 aliphatic carbocycles. The van der Waals surface area contributed by atoms with Crippen molar-refractivity contribution in [2.75, 3.05) is 51.9 Å². The summed E-state index contributed by atoms with van der Waals surface area (Å²) < 4.78 is 17.9. The molecule has 1 amide bonds. The minimum Gasteiger partial charge on any atom is -0.487 e. The molecule has 45 heavy (non-hydrogen) atoms. The van der Waals surface area contributed by atoms with Gasteiger partial charge in [0.05, 0.1) is 24.8 Å². The van der Waals surface area contributed by atoms with Crippen molar-refractivity contribution < 1.29 is 34.0 Å². The summed E-state index contributed by atoms with van der Waals surface area (Å²) in [6.45, 7) is 1.50. The third-order valence-electron chi connectivity index (χ3n) is 9.53. The first-order chi connectivity index (χ1) is 21.7. The molecule has 10 heteroatoms. The van der Waals surface area contributed by atoms with E-state index in [9.17, 15) is 19.8 Å². The molecule has 4 atom stereocenters. The van der Waals surface area contributed by atoms with E-state index in [2.05, 4.69) is 17.1 Å². The number of nitrogens with zero attached hydrogens (tertiary/aromatic N) is 2. The number of amides is 1. The molecule has 244 valence electrons. The van der Waals surface area contributed by atoms with Gasteiger partial charge in [0.2, 0.25) is 5.91 Å². The van der Waals surface area contributed by atoms with Gasteiger partial charge >= 0.3 is 5.97 Å². The van der Waals surface area contributed by atoms with Gasteiger partial charge in [0.1, 0.15) is 24.6 Å². The molecular formula is C35H45ClN2O7. The first-order valence-electron chi connectivity index (χ1n) is 15.9. The molecular weight excluding hydrogens is 596 g/mol. The Kier molecular flexibility index (Phi) is 11.1. The van der Waals surface area contributed by atoms with E-state index in [1.54, 1.807) is 25.1 Å². The lowest BCUT2D eigenvalue weighted by atomic mass is 9.70. The van der Waals surface area contributed by atoms with Crippen molar-refractivity contribution in [2.24, 2.45) is 11.8 Å². The van der Waals surface area contributed by atoms with Gasteiger partial charge in [-0.3, -0.25) is 4.79 Å². The summed E-state index contributed by atoms with van der Waals surface area (Å²) in [6.07, 6.45) is 9.59. The van der Waals surface area contributed by atoms with E-state index in [1.165, 1.54) is 5.56 Å². The first kappa shape index (κ1) is 33.3. The van der Waals surface area contributed by atoms with Crippen LogP contribution in [0.3, 0.4) is 0 Å². The summed E-state index contributed by atoms with van der Waals surface area (Å²) in [5.41, 5.74) is 1.84. The fraction of sp³-hybridized carbons (Fsp3) is 0.543. The van der Waals surface area contributed by atoms with Crippen molar-refractivity contribution in [3.8, 4) is 5.75 Å². The largest absolute Gasteiger partial charge is 0.487 e. The molecule has 2 aromatic carbocycles. The monoisotopic (exact) mass is 640 g/mol. The van der Waals surface area contributed by atoms with E-state index < -0.39 is 18.2 Å². The summed E-state index contributed by atoms with van der Waals surface area (Å²) in [6, 6.07) is 11.4. The highest BCUT2D eigenvalue weighted by Gasteiger charge is 2.39. The smallest absolute Gasteiger partial charge is 0.329 e. The van der Waals surface area contributed by atoms with E-state index in [0.29, 0.717) is 47.7 Å². The number of aliphatic hydroxyl groups is 1. The molecule has 5 rings (SSSR count). The molecule has 1 saturated carbocycles. The number of aryl methyl sites for hydroxylation is 1. The second kappa shape index (κ2) is 15.0. The third kappa shape index (κ3) is 8.19. The number of carboxylic acid groups (broad SMARTS) is 1. The highest BCUT2D eigenvalue weighted by Crippen LogP contribution is 2.42. The minimum atomic E-state index is -1.75. The number of anilines is 1. The molecule has 2 aliphatic heterocycles. The summed E-state index contributed by atoms with van der Waals surface area (Å²) in [5, 5.41) is 22.0. The molecule has 2 aromatic rings. The molecule has 3 aliphatic rings. The molecule has 9 nitrogen and oxygen atoms in total. The second-order valence-electron chi connectivity index (χ2n) is 12.6. The highest BCUT2D eigenvalue weighted by molar-refractivity contribution is 6.30. The zero-order valence-corrected chi connectivity index (χ0v) is 27.0.